The van der Waals surface area contributed by atoms with Crippen molar-refractivity contribution in [2.75, 3.05) is 6.54 Å². The summed E-state index contributed by atoms with van der Waals surface area (Å²) in [5.41, 5.74) is 17.6. The zero-order valence-corrected chi connectivity index (χ0v) is 23.4. The van der Waals surface area contributed by atoms with Gasteiger partial charge in [0.25, 0.3) is 0 Å². The molecule has 0 radical (unpaired) electrons. The lowest BCUT2D eigenvalue weighted by Crippen LogP contribution is -2.59. The number of benzene rings is 1. The average molecular weight is 548 g/mol. The van der Waals surface area contributed by atoms with Gasteiger partial charge >= 0.3 is 5.97 Å². The Labute approximate surface area is 230 Å². The van der Waals surface area contributed by atoms with Gasteiger partial charge in [0.2, 0.25) is 17.7 Å². The van der Waals surface area contributed by atoms with Crippen LogP contribution in [0.2, 0.25) is 0 Å². The van der Waals surface area contributed by atoms with Crippen LogP contribution in [-0.4, -0.2) is 65.5 Å². The molecule has 0 fully saturated rings. The van der Waals surface area contributed by atoms with E-state index in [1.54, 1.807) is 0 Å². The minimum absolute atomic E-state index is 0.0159. The van der Waals surface area contributed by atoms with Crippen LogP contribution in [0, 0.1) is 11.8 Å². The first-order valence-corrected chi connectivity index (χ1v) is 13.3. The van der Waals surface area contributed by atoms with Crippen molar-refractivity contribution in [2.24, 2.45) is 34.0 Å². The summed E-state index contributed by atoms with van der Waals surface area (Å²) in [7, 11) is 0. The molecule has 1 aromatic carbocycles. The summed E-state index contributed by atoms with van der Waals surface area (Å²) in [6.07, 6.45) is 1.60. The van der Waals surface area contributed by atoms with Crippen molar-refractivity contribution >= 4 is 29.7 Å². The number of carboxylic acids is 1. The summed E-state index contributed by atoms with van der Waals surface area (Å²) in [5.74, 6) is -3.18. The first-order valence-electron chi connectivity index (χ1n) is 13.3. The maximum Gasteiger partial charge on any atom is 0.326 e. The number of hydrogen-bond acceptors (Lipinski definition) is 6. The van der Waals surface area contributed by atoms with Crippen LogP contribution in [0.15, 0.2) is 35.3 Å². The summed E-state index contributed by atoms with van der Waals surface area (Å²) in [4.78, 5) is 54.9. The predicted molar refractivity (Wildman–Crippen MR) is 150 cm³/mol. The monoisotopic (exact) mass is 547 g/mol. The number of guanidine groups is 1. The Morgan fingerprint density at radius 3 is 2.08 bits per heavy atom. The van der Waals surface area contributed by atoms with Gasteiger partial charge in [0.15, 0.2) is 5.96 Å². The molecule has 0 saturated heterocycles. The second kappa shape index (κ2) is 17.0. The number of nitrogens with two attached hydrogens (primary N) is 3. The first kappa shape index (κ1) is 33.4. The van der Waals surface area contributed by atoms with Crippen molar-refractivity contribution in [2.45, 2.75) is 84.0 Å². The van der Waals surface area contributed by atoms with E-state index in [0.717, 1.165) is 5.56 Å². The minimum atomic E-state index is -1.21. The number of nitrogens with one attached hydrogen (secondary N) is 3. The van der Waals surface area contributed by atoms with Crippen molar-refractivity contribution in [1.29, 1.82) is 0 Å². The number of aliphatic imine (C=N–C) groups is 1. The van der Waals surface area contributed by atoms with Gasteiger partial charge in [-0.15, -0.1) is 0 Å². The average Bonchev–Trinajstić information content (AvgIpc) is 2.87. The molecule has 0 aromatic heterocycles. The van der Waals surface area contributed by atoms with Gasteiger partial charge < -0.3 is 38.3 Å². The molecule has 218 valence electrons. The van der Waals surface area contributed by atoms with E-state index in [1.807, 2.05) is 58.0 Å². The standard InChI is InChI=1S/C27H45N7O5/c1-5-17(4)22(34-23(35)19(28)15-18-10-7-6-8-11-18)25(37)33-21(14-16(2)3)24(36)32-20(26(38)39)12-9-13-31-27(29)30/h6-8,10-11,16-17,19-22H,5,9,12-15,28H2,1-4H3,(H,32,36)(H,33,37)(H,34,35)(H,38,39)(H4,29,30,31). The fourth-order valence-corrected chi connectivity index (χ4v) is 3.92. The van der Waals surface area contributed by atoms with E-state index in [1.165, 1.54) is 0 Å². The SMILES string of the molecule is CCC(C)C(NC(=O)C(N)Cc1ccccc1)C(=O)NC(CC(C)C)C(=O)NC(CCCN=C(N)N)C(=O)O. The molecule has 5 unspecified atom stereocenters. The Balaban J connectivity index is 2.95. The molecule has 12 nitrogen and oxygen atoms in total. The minimum Gasteiger partial charge on any atom is -0.480 e. The van der Waals surface area contributed by atoms with Gasteiger partial charge in [-0.2, -0.15) is 0 Å². The molecule has 0 aliphatic heterocycles. The van der Waals surface area contributed by atoms with E-state index in [2.05, 4.69) is 20.9 Å². The molecule has 3 amide bonds. The molecule has 5 atom stereocenters. The molecule has 0 saturated carbocycles. The van der Waals surface area contributed by atoms with E-state index in [4.69, 9.17) is 17.2 Å². The Morgan fingerprint density at radius 1 is 0.923 bits per heavy atom. The van der Waals surface area contributed by atoms with Crippen LogP contribution in [0.5, 0.6) is 0 Å². The highest BCUT2D eigenvalue weighted by atomic mass is 16.4. The van der Waals surface area contributed by atoms with Crippen LogP contribution in [0.3, 0.4) is 0 Å². The first-order chi connectivity index (χ1) is 18.3. The molecule has 0 heterocycles. The zero-order chi connectivity index (χ0) is 29.5. The van der Waals surface area contributed by atoms with E-state index < -0.39 is 47.9 Å². The smallest absolute Gasteiger partial charge is 0.326 e. The third kappa shape index (κ3) is 12.6. The maximum atomic E-state index is 13.3. The number of rotatable bonds is 17. The molecular formula is C27H45N7O5. The lowest BCUT2D eigenvalue weighted by atomic mass is 9.96. The van der Waals surface area contributed by atoms with Crippen LogP contribution >= 0.6 is 0 Å². The molecule has 10 N–H and O–H groups in total. The highest BCUT2D eigenvalue weighted by molar-refractivity contribution is 5.94. The Bertz CT molecular complexity index is 967. The zero-order valence-electron chi connectivity index (χ0n) is 23.4. The second-order valence-electron chi connectivity index (χ2n) is 10.2. The van der Waals surface area contributed by atoms with E-state index in [0.29, 0.717) is 19.3 Å². The molecule has 0 bridgehead atoms. The summed E-state index contributed by atoms with van der Waals surface area (Å²) in [6.45, 7) is 7.69. The van der Waals surface area contributed by atoms with Crippen molar-refractivity contribution < 1.29 is 24.3 Å². The van der Waals surface area contributed by atoms with E-state index in [-0.39, 0.29) is 37.2 Å². The van der Waals surface area contributed by atoms with Crippen molar-refractivity contribution in [3.05, 3.63) is 35.9 Å². The maximum absolute atomic E-state index is 13.3. The molecule has 1 aromatic rings. The van der Waals surface area contributed by atoms with Gasteiger partial charge in [-0.1, -0.05) is 64.4 Å². The second-order valence-corrected chi connectivity index (χ2v) is 10.2. The third-order valence-corrected chi connectivity index (χ3v) is 6.33. The molecular weight excluding hydrogens is 502 g/mol. The lowest BCUT2D eigenvalue weighted by molar-refractivity contribution is -0.142. The molecule has 12 heteroatoms. The normalized spacial score (nSPS) is 14.8. The Kier molecular flexibility index (Phi) is 14.6. The highest BCUT2D eigenvalue weighted by Gasteiger charge is 2.32. The van der Waals surface area contributed by atoms with Crippen LogP contribution in [0.1, 0.15) is 58.9 Å². The molecule has 0 aliphatic carbocycles. The largest absolute Gasteiger partial charge is 0.480 e. The van der Waals surface area contributed by atoms with Gasteiger partial charge in [-0.05, 0) is 43.1 Å². The van der Waals surface area contributed by atoms with Crippen molar-refractivity contribution in [3.8, 4) is 0 Å². The summed E-state index contributed by atoms with van der Waals surface area (Å²) in [5, 5.41) is 17.6. The Hall–Kier alpha value is -3.67. The van der Waals surface area contributed by atoms with Crippen LogP contribution < -0.4 is 33.2 Å². The molecule has 39 heavy (non-hydrogen) atoms. The van der Waals surface area contributed by atoms with Gasteiger partial charge in [-0.3, -0.25) is 19.4 Å². The fraction of sp³-hybridized carbons (Fsp3) is 0.593. The third-order valence-electron chi connectivity index (χ3n) is 6.33. The summed E-state index contributed by atoms with van der Waals surface area (Å²) in [6, 6.07) is 5.34. The molecule has 0 spiro atoms. The number of carbonyl (C=O) groups excluding carboxylic acids is 3. The van der Waals surface area contributed by atoms with Crippen LogP contribution in [0.25, 0.3) is 0 Å². The van der Waals surface area contributed by atoms with Crippen molar-refractivity contribution in [3.63, 3.8) is 0 Å². The fourth-order valence-electron chi connectivity index (χ4n) is 3.92. The van der Waals surface area contributed by atoms with Crippen LogP contribution in [-0.2, 0) is 25.6 Å². The number of nitrogens with zero attached hydrogens (tertiary/aromatic N) is 1. The molecule has 1 rings (SSSR count). The molecule has 0 aliphatic rings. The highest BCUT2D eigenvalue weighted by Crippen LogP contribution is 2.12. The lowest BCUT2D eigenvalue weighted by Gasteiger charge is -2.28. The Morgan fingerprint density at radius 2 is 1.54 bits per heavy atom. The number of hydrogen-bond donors (Lipinski definition) is 7. The number of aliphatic carboxylic acids is 1. The number of carbonyl (C=O) groups is 4. The van der Waals surface area contributed by atoms with E-state index >= 15 is 0 Å². The van der Waals surface area contributed by atoms with Gasteiger partial charge in [0, 0.05) is 6.54 Å². The van der Waals surface area contributed by atoms with Crippen molar-refractivity contribution in [1.82, 2.24) is 16.0 Å². The van der Waals surface area contributed by atoms with Gasteiger partial charge in [-0.25, -0.2) is 4.79 Å². The summed E-state index contributed by atoms with van der Waals surface area (Å²) < 4.78 is 0. The van der Waals surface area contributed by atoms with E-state index in [9.17, 15) is 24.3 Å². The quantitative estimate of drug-likeness (QED) is 0.0812. The predicted octanol–water partition coefficient (Wildman–Crippen LogP) is 0.241. The number of amides is 3. The van der Waals surface area contributed by atoms with Gasteiger partial charge in [0.05, 0.1) is 6.04 Å². The number of carboxylic acid groups (broad SMARTS) is 1. The van der Waals surface area contributed by atoms with Gasteiger partial charge in [0.1, 0.15) is 18.1 Å². The van der Waals surface area contributed by atoms with Crippen LogP contribution in [0.4, 0.5) is 0 Å². The summed E-state index contributed by atoms with van der Waals surface area (Å²) >= 11 is 0. The topological polar surface area (TPSA) is 215 Å².